The Morgan fingerprint density at radius 1 is 1.38 bits per heavy atom. The summed E-state index contributed by atoms with van der Waals surface area (Å²) >= 11 is 5.85. The second-order valence-corrected chi connectivity index (χ2v) is 5.13. The van der Waals surface area contributed by atoms with E-state index >= 15 is 0 Å². The van der Waals surface area contributed by atoms with Gasteiger partial charge < -0.3 is 15.6 Å². The van der Waals surface area contributed by atoms with E-state index in [1.807, 2.05) is 14.0 Å². The number of aliphatic hydroxyl groups excluding tert-OH is 1. The van der Waals surface area contributed by atoms with Gasteiger partial charge in [-0.25, -0.2) is 4.68 Å². The van der Waals surface area contributed by atoms with Gasteiger partial charge >= 0.3 is 0 Å². The molecule has 3 N–H and O–H groups in total. The van der Waals surface area contributed by atoms with Crippen molar-refractivity contribution in [2.45, 2.75) is 19.4 Å². The fraction of sp³-hybridized carbons (Fsp3) is 0.357. The van der Waals surface area contributed by atoms with Gasteiger partial charge in [0.25, 0.3) is 0 Å². The molecule has 1 aromatic carbocycles. The quantitative estimate of drug-likeness (QED) is 0.882. The van der Waals surface area contributed by atoms with Crippen LogP contribution in [0.15, 0.2) is 24.3 Å². The van der Waals surface area contributed by atoms with Crippen LogP contribution in [-0.4, -0.2) is 27.5 Å². The van der Waals surface area contributed by atoms with Gasteiger partial charge in [-0.1, -0.05) is 11.6 Å². The smallest absolute Gasteiger partial charge is 0.221 e. The molecule has 0 radical (unpaired) electrons. The second kappa shape index (κ2) is 7.66. The molecule has 0 amide bonds. The number of rotatable bonds is 5. The Labute approximate surface area is 135 Å². The van der Waals surface area contributed by atoms with Crippen LogP contribution in [0.4, 0.5) is 0 Å². The van der Waals surface area contributed by atoms with Crippen molar-refractivity contribution in [2.75, 3.05) is 6.61 Å². The molecule has 1 atom stereocenters. The van der Waals surface area contributed by atoms with Crippen molar-refractivity contribution >= 4 is 24.0 Å². The number of aliphatic hydroxyl groups is 1. The van der Waals surface area contributed by atoms with E-state index in [9.17, 15) is 0 Å². The molecule has 1 heterocycles. The average molecular weight is 332 g/mol. The van der Waals surface area contributed by atoms with Crippen LogP contribution >= 0.6 is 24.0 Å². The van der Waals surface area contributed by atoms with Crippen LogP contribution in [-0.2, 0) is 13.5 Å². The van der Waals surface area contributed by atoms with Crippen LogP contribution < -0.4 is 10.5 Å². The van der Waals surface area contributed by atoms with Crippen LogP contribution in [0.3, 0.4) is 0 Å². The van der Waals surface area contributed by atoms with Gasteiger partial charge in [-0.05, 0) is 37.6 Å². The fourth-order valence-corrected chi connectivity index (χ4v) is 2.11. The first-order valence-corrected chi connectivity index (χ1v) is 6.71. The fourth-order valence-electron chi connectivity index (χ4n) is 1.98. The third-order valence-electron chi connectivity index (χ3n) is 3.02. The minimum Gasteiger partial charge on any atom is -0.439 e. The largest absolute Gasteiger partial charge is 0.439 e. The summed E-state index contributed by atoms with van der Waals surface area (Å²) < 4.78 is 7.54. The van der Waals surface area contributed by atoms with E-state index in [0.717, 1.165) is 11.3 Å². The molecular formula is C14H19Cl2N3O2. The Morgan fingerprint density at radius 3 is 2.57 bits per heavy atom. The summed E-state index contributed by atoms with van der Waals surface area (Å²) in [6.07, 6.45) is 0.513. The van der Waals surface area contributed by atoms with Gasteiger partial charge in [-0.3, -0.25) is 0 Å². The zero-order valence-electron chi connectivity index (χ0n) is 11.9. The highest BCUT2D eigenvalue weighted by molar-refractivity contribution is 6.30. The number of nitrogens with zero attached hydrogens (tertiary/aromatic N) is 2. The lowest BCUT2D eigenvalue weighted by Gasteiger charge is -2.11. The van der Waals surface area contributed by atoms with E-state index in [1.165, 1.54) is 0 Å². The van der Waals surface area contributed by atoms with Crippen LogP contribution in [0.2, 0.25) is 5.02 Å². The number of benzene rings is 1. The van der Waals surface area contributed by atoms with E-state index in [4.69, 9.17) is 27.2 Å². The number of hydrogen-bond acceptors (Lipinski definition) is 4. The van der Waals surface area contributed by atoms with Gasteiger partial charge in [0.05, 0.1) is 12.3 Å². The lowest BCUT2D eigenvalue weighted by molar-refractivity contribution is 0.264. The predicted octanol–water partition coefficient (Wildman–Crippen LogP) is 2.46. The van der Waals surface area contributed by atoms with E-state index in [-0.39, 0.29) is 25.1 Å². The van der Waals surface area contributed by atoms with Crippen molar-refractivity contribution in [3.05, 3.63) is 40.5 Å². The van der Waals surface area contributed by atoms with Gasteiger partial charge in [0.1, 0.15) is 5.75 Å². The van der Waals surface area contributed by atoms with Crippen LogP contribution in [0, 0.1) is 6.92 Å². The lowest BCUT2D eigenvalue weighted by atomic mass is 10.1. The minimum atomic E-state index is -0.328. The molecule has 0 fully saturated rings. The third-order valence-corrected chi connectivity index (χ3v) is 3.27. The Hall–Kier alpha value is -1.27. The maximum atomic E-state index is 9.10. The highest BCUT2D eigenvalue weighted by Gasteiger charge is 2.18. The third kappa shape index (κ3) is 4.35. The molecule has 2 rings (SSSR count). The zero-order valence-corrected chi connectivity index (χ0v) is 13.5. The van der Waals surface area contributed by atoms with Gasteiger partial charge in [0.2, 0.25) is 5.88 Å². The van der Waals surface area contributed by atoms with E-state index in [2.05, 4.69) is 5.10 Å². The van der Waals surface area contributed by atoms with Crippen molar-refractivity contribution in [2.24, 2.45) is 12.8 Å². The van der Waals surface area contributed by atoms with Gasteiger partial charge in [-0.2, -0.15) is 5.10 Å². The molecule has 21 heavy (non-hydrogen) atoms. The molecular weight excluding hydrogens is 313 g/mol. The molecule has 1 unspecified atom stereocenters. The molecule has 1 aromatic heterocycles. The summed E-state index contributed by atoms with van der Waals surface area (Å²) in [7, 11) is 1.81. The first-order valence-electron chi connectivity index (χ1n) is 6.33. The Bertz CT molecular complexity index is 585. The molecule has 5 nitrogen and oxygen atoms in total. The molecule has 116 valence electrons. The van der Waals surface area contributed by atoms with Crippen molar-refractivity contribution in [3.8, 4) is 11.6 Å². The molecule has 0 aliphatic heterocycles. The monoisotopic (exact) mass is 331 g/mol. The van der Waals surface area contributed by atoms with Crippen LogP contribution in [0.5, 0.6) is 11.6 Å². The first kappa shape index (κ1) is 17.8. The average Bonchev–Trinajstić information content (AvgIpc) is 2.68. The maximum absolute atomic E-state index is 9.10. The second-order valence-electron chi connectivity index (χ2n) is 4.70. The van der Waals surface area contributed by atoms with Gasteiger partial charge in [0.15, 0.2) is 0 Å². The van der Waals surface area contributed by atoms with Crippen LogP contribution in [0.25, 0.3) is 0 Å². The summed E-state index contributed by atoms with van der Waals surface area (Å²) in [5, 5.41) is 14.1. The normalized spacial score (nSPS) is 11.9. The molecule has 0 bridgehead atoms. The lowest BCUT2D eigenvalue weighted by Crippen LogP contribution is -2.27. The van der Waals surface area contributed by atoms with Crippen molar-refractivity contribution in [3.63, 3.8) is 0 Å². The van der Waals surface area contributed by atoms with Gasteiger partial charge in [-0.15, -0.1) is 12.4 Å². The minimum absolute atomic E-state index is 0. The highest BCUT2D eigenvalue weighted by atomic mass is 35.5. The molecule has 0 aliphatic carbocycles. The van der Waals surface area contributed by atoms with Crippen molar-refractivity contribution < 1.29 is 9.84 Å². The number of ether oxygens (including phenoxy) is 1. The topological polar surface area (TPSA) is 73.3 Å². The summed E-state index contributed by atoms with van der Waals surface area (Å²) in [6, 6.07) is 6.78. The predicted molar refractivity (Wildman–Crippen MR) is 85.5 cm³/mol. The highest BCUT2D eigenvalue weighted by Crippen LogP contribution is 2.28. The number of aromatic nitrogens is 2. The standard InChI is InChI=1S/C14H18ClN3O2.ClH/c1-9-13(7-11(16)8-19)14(18(2)17-9)20-12-5-3-10(15)4-6-12;/h3-6,11,19H,7-8,16H2,1-2H3;1H. The summed E-state index contributed by atoms with van der Waals surface area (Å²) in [6.45, 7) is 1.82. The van der Waals surface area contributed by atoms with Crippen molar-refractivity contribution in [1.29, 1.82) is 0 Å². The molecule has 2 aromatic rings. The number of halogens is 2. The van der Waals surface area contributed by atoms with E-state index in [0.29, 0.717) is 23.1 Å². The van der Waals surface area contributed by atoms with E-state index in [1.54, 1.807) is 28.9 Å². The van der Waals surface area contributed by atoms with E-state index < -0.39 is 0 Å². The summed E-state index contributed by atoms with van der Waals surface area (Å²) in [4.78, 5) is 0. The Kier molecular flexibility index (Phi) is 6.48. The summed E-state index contributed by atoms with van der Waals surface area (Å²) in [5.74, 6) is 1.31. The molecule has 0 aliphatic rings. The zero-order chi connectivity index (χ0) is 14.7. The number of hydrogen-bond donors (Lipinski definition) is 2. The van der Waals surface area contributed by atoms with Gasteiger partial charge in [0, 0.05) is 23.7 Å². The molecule has 0 spiro atoms. The molecule has 0 saturated carbocycles. The number of aryl methyl sites for hydroxylation is 2. The molecule has 0 saturated heterocycles. The van der Waals surface area contributed by atoms with Crippen LogP contribution in [0.1, 0.15) is 11.3 Å². The molecule has 7 heteroatoms. The Balaban J connectivity index is 0.00000220. The maximum Gasteiger partial charge on any atom is 0.221 e. The number of nitrogens with two attached hydrogens (primary N) is 1. The SMILES string of the molecule is Cc1nn(C)c(Oc2ccc(Cl)cc2)c1CC(N)CO.Cl. The van der Waals surface area contributed by atoms with Crippen molar-refractivity contribution in [1.82, 2.24) is 9.78 Å². The summed E-state index contributed by atoms with van der Waals surface area (Å²) in [5.41, 5.74) is 7.56. The Morgan fingerprint density at radius 2 is 2.00 bits per heavy atom. The first-order chi connectivity index (χ1) is 9.51.